The predicted octanol–water partition coefficient (Wildman–Crippen LogP) is 1.77. The molecular weight excluding hydrogens is 268 g/mol. The zero-order valence-corrected chi connectivity index (χ0v) is 13.0. The third kappa shape index (κ3) is 2.84. The second-order valence-corrected chi connectivity index (χ2v) is 5.42. The van der Waals surface area contributed by atoms with E-state index in [1.54, 1.807) is 16.6 Å². The maximum atomic E-state index is 12.6. The molecule has 2 aromatic rings. The van der Waals surface area contributed by atoms with Crippen molar-refractivity contribution in [3.05, 3.63) is 28.2 Å². The number of rotatable bonds is 5. The fourth-order valence-corrected chi connectivity index (χ4v) is 2.32. The van der Waals surface area contributed by atoms with E-state index >= 15 is 0 Å². The van der Waals surface area contributed by atoms with Gasteiger partial charge in [-0.3, -0.25) is 14.3 Å². The van der Waals surface area contributed by atoms with Crippen LogP contribution in [-0.2, 0) is 7.05 Å². The lowest BCUT2D eigenvalue weighted by atomic mass is 10.1. The first kappa shape index (κ1) is 15.3. The Labute approximate surface area is 123 Å². The molecule has 1 amide bonds. The standard InChI is InChI=1S/C15H22N4O2/c1-5-10(3)9-19(6-2)15(21)12-7-16-14-11(13(12)20)8-17-18(14)4/h7-8,10H,5-6,9H2,1-4H3,(H,16,20). The summed E-state index contributed by atoms with van der Waals surface area (Å²) in [7, 11) is 1.75. The number of carbonyl (C=O) groups excluding carboxylic acids is 1. The van der Waals surface area contributed by atoms with Gasteiger partial charge in [0.05, 0.1) is 11.6 Å². The van der Waals surface area contributed by atoms with Crippen molar-refractivity contribution in [3.8, 4) is 0 Å². The molecule has 0 radical (unpaired) electrons. The fourth-order valence-electron chi connectivity index (χ4n) is 2.32. The number of pyridine rings is 1. The van der Waals surface area contributed by atoms with Gasteiger partial charge in [-0.15, -0.1) is 0 Å². The third-order valence-electron chi connectivity index (χ3n) is 3.91. The van der Waals surface area contributed by atoms with Gasteiger partial charge in [-0.1, -0.05) is 20.3 Å². The first-order valence-corrected chi connectivity index (χ1v) is 7.32. The van der Waals surface area contributed by atoms with E-state index in [-0.39, 0.29) is 16.9 Å². The van der Waals surface area contributed by atoms with Gasteiger partial charge in [0.25, 0.3) is 5.91 Å². The number of nitrogens with zero attached hydrogens (tertiary/aromatic N) is 3. The van der Waals surface area contributed by atoms with E-state index in [2.05, 4.69) is 23.9 Å². The van der Waals surface area contributed by atoms with Crippen molar-refractivity contribution in [1.29, 1.82) is 0 Å². The molecule has 2 heterocycles. The van der Waals surface area contributed by atoms with Gasteiger partial charge in [0, 0.05) is 26.3 Å². The van der Waals surface area contributed by atoms with Crippen molar-refractivity contribution >= 4 is 16.9 Å². The van der Waals surface area contributed by atoms with Crippen LogP contribution in [0.25, 0.3) is 11.0 Å². The minimum Gasteiger partial charge on any atom is -0.345 e. The molecule has 114 valence electrons. The largest absolute Gasteiger partial charge is 0.345 e. The smallest absolute Gasteiger partial charge is 0.259 e. The van der Waals surface area contributed by atoms with Crippen LogP contribution >= 0.6 is 0 Å². The summed E-state index contributed by atoms with van der Waals surface area (Å²) in [6, 6.07) is 0. The number of aromatic amines is 1. The molecule has 1 unspecified atom stereocenters. The first-order valence-electron chi connectivity index (χ1n) is 7.32. The molecule has 0 fully saturated rings. The molecule has 1 atom stereocenters. The third-order valence-corrected chi connectivity index (χ3v) is 3.91. The summed E-state index contributed by atoms with van der Waals surface area (Å²) in [5.74, 6) is 0.194. The second-order valence-electron chi connectivity index (χ2n) is 5.42. The summed E-state index contributed by atoms with van der Waals surface area (Å²) in [6.07, 6.45) is 3.99. The Bertz CT molecular complexity index is 701. The maximum Gasteiger partial charge on any atom is 0.259 e. The lowest BCUT2D eigenvalue weighted by Gasteiger charge is -2.23. The molecule has 0 saturated heterocycles. The van der Waals surface area contributed by atoms with Gasteiger partial charge in [0.2, 0.25) is 5.43 Å². The molecule has 0 aliphatic carbocycles. The summed E-state index contributed by atoms with van der Waals surface area (Å²) in [5.41, 5.74) is 0.548. The number of hydrogen-bond donors (Lipinski definition) is 1. The van der Waals surface area contributed by atoms with E-state index in [0.29, 0.717) is 30.0 Å². The molecule has 0 aliphatic rings. The van der Waals surface area contributed by atoms with E-state index in [0.717, 1.165) is 6.42 Å². The molecule has 0 saturated carbocycles. The number of carbonyl (C=O) groups is 1. The number of H-pyrrole nitrogens is 1. The normalized spacial score (nSPS) is 12.6. The van der Waals surface area contributed by atoms with Crippen LogP contribution in [0.5, 0.6) is 0 Å². The van der Waals surface area contributed by atoms with Crippen LogP contribution in [0.4, 0.5) is 0 Å². The number of nitrogens with one attached hydrogen (secondary N) is 1. The lowest BCUT2D eigenvalue weighted by Crippen LogP contribution is -2.37. The topological polar surface area (TPSA) is 71.0 Å². The quantitative estimate of drug-likeness (QED) is 0.912. The molecule has 0 bridgehead atoms. The molecule has 2 aromatic heterocycles. The van der Waals surface area contributed by atoms with E-state index in [1.165, 1.54) is 12.4 Å². The molecular formula is C15H22N4O2. The van der Waals surface area contributed by atoms with Gasteiger partial charge in [0.1, 0.15) is 11.2 Å². The van der Waals surface area contributed by atoms with Gasteiger partial charge in [-0.2, -0.15) is 5.10 Å². The number of aromatic nitrogens is 3. The lowest BCUT2D eigenvalue weighted by molar-refractivity contribution is 0.0739. The summed E-state index contributed by atoms with van der Waals surface area (Å²) < 4.78 is 1.59. The monoisotopic (exact) mass is 290 g/mol. The summed E-state index contributed by atoms with van der Waals surface area (Å²) >= 11 is 0. The Morgan fingerprint density at radius 3 is 2.81 bits per heavy atom. The van der Waals surface area contributed by atoms with E-state index < -0.39 is 0 Å². The van der Waals surface area contributed by atoms with Crippen LogP contribution in [0.2, 0.25) is 0 Å². The number of amides is 1. The van der Waals surface area contributed by atoms with Crippen molar-refractivity contribution in [2.45, 2.75) is 27.2 Å². The van der Waals surface area contributed by atoms with Crippen LogP contribution in [0, 0.1) is 5.92 Å². The minimum absolute atomic E-state index is 0.181. The van der Waals surface area contributed by atoms with Gasteiger partial charge in [-0.05, 0) is 12.8 Å². The van der Waals surface area contributed by atoms with Crippen molar-refractivity contribution < 1.29 is 4.79 Å². The SMILES string of the molecule is CCC(C)CN(CC)C(=O)c1c[nH]c2c(cnn2C)c1=O. The highest BCUT2D eigenvalue weighted by Gasteiger charge is 2.20. The van der Waals surface area contributed by atoms with E-state index in [1.807, 2.05) is 6.92 Å². The van der Waals surface area contributed by atoms with Crippen LogP contribution in [-0.4, -0.2) is 38.7 Å². The highest BCUT2D eigenvalue weighted by Crippen LogP contribution is 2.10. The van der Waals surface area contributed by atoms with Gasteiger partial charge >= 0.3 is 0 Å². The average Bonchev–Trinajstić information content (AvgIpc) is 2.86. The maximum absolute atomic E-state index is 12.6. The predicted molar refractivity (Wildman–Crippen MR) is 82.4 cm³/mol. The van der Waals surface area contributed by atoms with Crippen LogP contribution in [0.15, 0.2) is 17.2 Å². The van der Waals surface area contributed by atoms with Gasteiger partial charge in [0.15, 0.2) is 0 Å². The summed E-state index contributed by atoms with van der Waals surface area (Å²) in [4.78, 5) is 29.7. The summed E-state index contributed by atoms with van der Waals surface area (Å²) in [6.45, 7) is 7.38. The molecule has 6 heteroatoms. The van der Waals surface area contributed by atoms with Crippen LogP contribution < -0.4 is 5.43 Å². The fraction of sp³-hybridized carbons (Fsp3) is 0.533. The zero-order valence-electron chi connectivity index (χ0n) is 13.0. The molecule has 0 spiro atoms. The van der Waals surface area contributed by atoms with Crippen molar-refractivity contribution in [3.63, 3.8) is 0 Å². The Balaban J connectivity index is 2.38. The Morgan fingerprint density at radius 1 is 1.48 bits per heavy atom. The molecule has 2 rings (SSSR count). The summed E-state index contributed by atoms with van der Waals surface area (Å²) in [5, 5.41) is 4.49. The average molecular weight is 290 g/mol. The highest BCUT2D eigenvalue weighted by atomic mass is 16.2. The Kier molecular flexibility index (Phi) is 4.45. The van der Waals surface area contributed by atoms with Gasteiger partial charge < -0.3 is 9.88 Å². The molecule has 1 N–H and O–H groups in total. The van der Waals surface area contributed by atoms with Crippen molar-refractivity contribution in [1.82, 2.24) is 19.7 Å². The molecule has 0 aromatic carbocycles. The van der Waals surface area contributed by atoms with E-state index in [9.17, 15) is 9.59 Å². The highest BCUT2D eigenvalue weighted by molar-refractivity contribution is 5.96. The number of aryl methyl sites for hydroxylation is 1. The van der Waals surface area contributed by atoms with Crippen LogP contribution in [0.3, 0.4) is 0 Å². The minimum atomic E-state index is -0.260. The Morgan fingerprint density at radius 2 is 2.19 bits per heavy atom. The molecule has 21 heavy (non-hydrogen) atoms. The van der Waals surface area contributed by atoms with Crippen LogP contribution in [0.1, 0.15) is 37.6 Å². The van der Waals surface area contributed by atoms with E-state index in [4.69, 9.17) is 0 Å². The zero-order chi connectivity index (χ0) is 15.6. The molecule has 6 nitrogen and oxygen atoms in total. The van der Waals surface area contributed by atoms with Crippen molar-refractivity contribution in [2.75, 3.05) is 13.1 Å². The number of fused-ring (bicyclic) bond motifs is 1. The first-order chi connectivity index (χ1) is 9.99. The van der Waals surface area contributed by atoms with Crippen molar-refractivity contribution in [2.24, 2.45) is 13.0 Å². The Hall–Kier alpha value is -2.11. The number of hydrogen-bond acceptors (Lipinski definition) is 3. The van der Waals surface area contributed by atoms with Gasteiger partial charge in [-0.25, -0.2) is 0 Å². The molecule has 0 aliphatic heterocycles. The second kappa shape index (κ2) is 6.11.